The van der Waals surface area contributed by atoms with E-state index in [1.807, 2.05) is 36.6 Å². The maximum absolute atomic E-state index is 12.2. The molecule has 2 rings (SSSR count). The number of para-hydroxylation sites is 1. The van der Waals surface area contributed by atoms with Crippen LogP contribution in [0.1, 0.15) is 6.42 Å². The van der Waals surface area contributed by atoms with Crippen LogP contribution in [-0.2, 0) is 4.79 Å². The molecule has 1 aromatic carbocycles. The van der Waals surface area contributed by atoms with E-state index >= 15 is 0 Å². The zero-order valence-electron chi connectivity index (χ0n) is 10.3. The van der Waals surface area contributed by atoms with Gasteiger partial charge < -0.3 is 11.1 Å². The number of rotatable bonds is 3. The SMILES string of the molecule is CSN1CCC(N)=C(C(=O)Nc2ccccc2)C1. The van der Waals surface area contributed by atoms with Crippen LogP contribution in [0.25, 0.3) is 0 Å². The Morgan fingerprint density at radius 1 is 1.39 bits per heavy atom. The highest BCUT2D eigenvalue weighted by molar-refractivity contribution is 7.96. The third-order valence-electron chi connectivity index (χ3n) is 2.92. The van der Waals surface area contributed by atoms with Crippen LogP contribution >= 0.6 is 11.9 Å². The molecule has 0 unspecified atom stereocenters. The largest absolute Gasteiger partial charge is 0.402 e. The molecule has 5 heteroatoms. The molecule has 0 atom stereocenters. The maximum Gasteiger partial charge on any atom is 0.254 e. The monoisotopic (exact) mass is 263 g/mol. The molecule has 0 radical (unpaired) electrons. The molecule has 96 valence electrons. The molecular formula is C13H17N3OS. The third-order valence-corrected chi connectivity index (χ3v) is 3.74. The number of anilines is 1. The molecule has 18 heavy (non-hydrogen) atoms. The molecule has 0 aromatic heterocycles. The van der Waals surface area contributed by atoms with Crippen molar-refractivity contribution in [3.05, 3.63) is 41.6 Å². The fraction of sp³-hybridized carbons (Fsp3) is 0.308. The van der Waals surface area contributed by atoms with Crippen molar-refractivity contribution in [2.24, 2.45) is 5.73 Å². The van der Waals surface area contributed by atoms with E-state index in [0.717, 1.165) is 18.7 Å². The van der Waals surface area contributed by atoms with E-state index in [1.54, 1.807) is 11.9 Å². The molecule has 0 fully saturated rings. The molecular weight excluding hydrogens is 246 g/mol. The smallest absolute Gasteiger partial charge is 0.254 e. The lowest BCUT2D eigenvalue weighted by atomic mass is 10.1. The predicted octanol–water partition coefficient (Wildman–Crippen LogP) is 1.82. The van der Waals surface area contributed by atoms with E-state index < -0.39 is 0 Å². The Balaban J connectivity index is 2.08. The van der Waals surface area contributed by atoms with E-state index in [4.69, 9.17) is 5.73 Å². The van der Waals surface area contributed by atoms with Gasteiger partial charge in [0, 0.05) is 30.9 Å². The maximum atomic E-state index is 12.2. The van der Waals surface area contributed by atoms with Crippen LogP contribution in [0.5, 0.6) is 0 Å². The van der Waals surface area contributed by atoms with Crippen molar-refractivity contribution in [1.82, 2.24) is 4.31 Å². The van der Waals surface area contributed by atoms with Crippen molar-refractivity contribution in [2.75, 3.05) is 24.7 Å². The van der Waals surface area contributed by atoms with E-state index in [1.165, 1.54) is 0 Å². The van der Waals surface area contributed by atoms with Crippen LogP contribution in [0.4, 0.5) is 5.69 Å². The molecule has 1 aromatic rings. The van der Waals surface area contributed by atoms with Crippen molar-refractivity contribution >= 4 is 23.5 Å². The summed E-state index contributed by atoms with van der Waals surface area (Å²) in [6.45, 7) is 1.50. The molecule has 4 nitrogen and oxygen atoms in total. The molecule has 3 N–H and O–H groups in total. The Kier molecular flexibility index (Phi) is 4.28. The fourth-order valence-corrected chi connectivity index (χ4v) is 2.39. The average Bonchev–Trinajstić information content (AvgIpc) is 2.40. The van der Waals surface area contributed by atoms with Gasteiger partial charge in [-0.2, -0.15) is 0 Å². The number of nitrogens with zero attached hydrogens (tertiary/aromatic N) is 1. The van der Waals surface area contributed by atoms with Crippen LogP contribution in [-0.4, -0.2) is 29.6 Å². The summed E-state index contributed by atoms with van der Waals surface area (Å²) in [7, 11) is 0. The molecule has 1 heterocycles. The molecule has 0 spiro atoms. The summed E-state index contributed by atoms with van der Waals surface area (Å²) in [5, 5.41) is 2.87. The normalized spacial score (nSPS) is 16.7. The molecule has 0 saturated carbocycles. The summed E-state index contributed by atoms with van der Waals surface area (Å²) in [5.74, 6) is -0.0996. The highest BCUT2D eigenvalue weighted by atomic mass is 32.2. The molecule has 0 saturated heterocycles. The summed E-state index contributed by atoms with van der Waals surface area (Å²) in [6, 6.07) is 9.43. The Morgan fingerprint density at radius 2 is 2.11 bits per heavy atom. The first-order valence-electron chi connectivity index (χ1n) is 5.83. The van der Waals surface area contributed by atoms with E-state index in [2.05, 4.69) is 9.62 Å². The van der Waals surface area contributed by atoms with Gasteiger partial charge in [-0.1, -0.05) is 30.1 Å². The van der Waals surface area contributed by atoms with Gasteiger partial charge in [-0.3, -0.25) is 4.79 Å². The first-order chi connectivity index (χ1) is 8.70. The van der Waals surface area contributed by atoms with Crippen LogP contribution < -0.4 is 11.1 Å². The quantitative estimate of drug-likeness (QED) is 0.817. The molecule has 1 aliphatic heterocycles. The highest BCUT2D eigenvalue weighted by Gasteiger charge is 2.22. The molecule has 0 aliphatic carbocycles. The summed E-state index contributed by atoms with van der Waals surface area (Å²) in [5.41, 5.74) is 8.11. The average molecular weight is 263 g/mol. The Bertz CT molecular complexity index is 459. The second kappa shape index (κ2) is 5.93. The predicted molar refractivity (Wildman–Crippen MR) is 76.0 cm³/mol. The van der Waals surface area contributed by atoms with Crippen molar-refractivity contribution in [2.45, 2.75) is 6.42 Å². The second-order valence-electron chi connectivity index (χ2n) is 4.12. The van der Waals surface area contributed by atoms with Gasteiger partial charge in [0.25, 0.3) is 5.91 Å². The number of hydrogen-bond acceptors (Lipinski definition) is 4. The van der Waals surface area contributed by atoms with Gasteiger partial charge in [-0.25, -0.2) is 4.31 Å². The van der Waals surface area contributed by atoms with E-state index in [-0.39, 0.29) is 5.91 Å². The first kappa shape index (κ1) is 13.0. The first-order valence-corrected chi connectivity index (χ1v) is 7.02. The lowest BCUT2D eigenvalue weighted by Gasteiger charge is -2.26. The summed E-state index contributed by atoms with van der Waals surface area (Å²) < 4.78 is 2.14. The Labute approximate surface area is 111 Å². The summed E-state index contributed by atoms with van der Waals surface area (Å²) in [6.07, 6.45) is 2.76. The van der Waals surface area contributed by atoms with E-state index in [0.29, 0.717) is 17.8 Å². The number of amides is 1. The number of carbonyl (C=O) groups excluding carboxylic acids is 1. The number of nitrogens with two attached hydrogens (primary N) is 1. The van der Waals surface area contributed by atoms with Gasteiger partial charge in [-0.15, -0.1) is 0 Å². The fourth-order valence-electron chi connectivity index (χ4n) is 1.85. The summed E-state index contributed by atoms with van der Waals surface area (Å²) in [4.78, 5) is 12.2. The minimum Gasteiger partial charge on any atom is -0.402 e. The Hall–Kier alpha value is -1.46. The molecule has 0 bridgehead atoms. The standard InChI is InChI=1S/C13H17N3OS/c1-18-16-8-7-12(14)11(9-16)13(17)15-10-5-3-2-4-6-10/h2-6H,7-9,14H2,1H3,(H,15,17). The van der Waals surface area contributed by atoms with E-state index in [9.17, 15) is 4.79 Å². The van der Waals surface area contributed by atoms with Gasteiger partial charge in [0.1, 0.15) is 0 Å². The number of nitrogens with one attached hydrogen (secondary N) is 1. The van der Waals surface area contributed by atoms with Gasteiger partial charge in [0.05, 0.1) is 5.57 Å². The minimum absolute atomic E-state index is 0.0996. The number of carbonyl (C=O) groups is 1. The Morgan fingerprint density at radius 3 is 2.78 bits per heavy atom. The van der Waals surface area contributed by atoms with Crippen LogP contribution in [0.2, 0.25) is 0 Å². The van der Waals surface area contributed by atoms with Crippen molar-refractivity contribution in [3.8, 4) is 0 Å². The zero-order chi connectivity index (χ0) is 13.0. The van der Waals surface area contributed by atoms with Gasteiger partial charge in [-0.05, 0) is 18.4 Å². The zero-order valence-corrected chi connectivity index (χ0v) is 11.2. The van der Waals surface area contributed by atoms with Crippen molar-refractivity contribution < 1.29 is 4.79 Å². The van der Waals surface area contributed by atoms with Gasteiger partial charge in [0.15, 0.2) is 0 Å². The second-order valence-corrected chi connectivity index (χ2v) is 5.00. The lowest BCUT2D eigenvalue weighted by molar-refractivity contribution is -0.113. The van der Waals surface area contributed by atoms with Crippen LogP contribution in [0, 0.1) is 0 Å². The molecule has 1 aliphatic rings. The minimum atomic E-state index is -0.0996. The number of benzene rings is 1. The van der Waals surface area contributed by atoms with Gasteiger partial charge in [0.2, 0.25) is 0 Å². The van der Waals surface area contributed by atoms with Crippen LogP contribution in [0.3, 0.4) is 0 Å². The van der Waals surface area contributed by atoms with Crippen molar-refractivity contribution in [1.29, 1.82) is 0 Å². The lowest BCUT2D eigenvalue weighted by Crippen LogP contribution is -2.33. The topological polar surface area (TPSA) is 58.4 Å². The third kappa shape index (κ3) is 3.05. The highest BCUT2D eigenvalue weighted by Crippen LogP contribution is 2.20. The van der Waals surface area contributed by atoms with Crippen LogP contribution in [0.15, 0.2) is 41.6 Å². The number of hydrogen-bond donors (Lipinski definition) is 2. The van der Waals surface area contributed by atoms with Crippen molar-refractivity contribution in [3.63, 3.8) is 0 Å². The van der Waals surface area contributed by atoms with Gasteiger partial charge >= 0.3 is 0 Å². The molecule has 1 amide bonds. The summed E-state index contributed by atoms with van der Waals surface area (Å²) >= 11 is 1.64.